The molecule has 1 unspecified atom stereocenters. The lowest BCUT2D eigenvalue weighted by Crippen LogP contribution is -2.19. The Morgan fingerprint density at radius 1 is 1.44 bits per heavy atom. The Labute approximate surface area is 102 Å². The zero-order valence-electron chi connectivity index (χ0n) is 9.84. The molecular weight excluding hydrogens is 222 g/mol. The third-order valence-corrected chi connectivity index (χ3v) is 2.66. The van der Waals surface area contributed by atoms with Crippen molar-refractivity contribution in [2.24, 2.45) is 0 Å². The molecule has 0 radical (unpaired) electrons. The van der Waals surface area contributed by atoms with Crippen molar-refractivity contribution in [3.8, 4) is 12.3 Å². The molecule has 0 spiro atoms. The van der Waals surface area contributed by atoms with Gasteiger partial charge in [0.2, 0.25) is 0 Å². The van der Waals surface area contributed by atoms with Gasteiger partial charge in [-0.25, -0.2) is 9.97 Å². The molecule has 16 heavy (non-hydrogen) atoms. The predicted molar refractivity (Wildman–Crippen MR) is 67.7 cm³/mol. The standard InChI is InChI=1S/C12H16ClN3/c1-5-7-10(6-2)16-12-8(3)11(13)14-9(4)15-12/h2,10H,5,7H2,1,3-4H3,(H,14,15,16). The predicted octanol–water partition coefficient (Wildman–Crippen LogP) is 2.96. The van der Waals surface area contributed by atoms with Crippen molar-refractivity contribution in [1.82, 2.24) is 9.97 Å². The summed E-state index contributed by atoms with van der Waals surface area (Å²) >= 11 is 5.98. The minimum Gasteiger partial charge on any atom is -0.356 e. The monoisotopic (exact) mass is 237 g/mol. The highest BCUT2D eigenvalue weighted by atomic mass is 35.5. The first-order chi connectivity index (χ1) is 7.58. The van der Waals surface area contributed by atoms with E-state index in [2.05, 4.69) is 28.1 Å². The second-order valence-electron chi connectivity index (χ2n) is 3.69. The van der Waals surface area contributed by atoms with Crippen molar-refractivity contribution in [3.05, 3.63) is 16.5 Å². The van der Waals surface area contributed by atoms with Gasteiger partial charge >= 0.3 is 0 Å². The SMILES string of the molecule is C#CC(CCC)Nc1nc(C)nc(Cl)c1C. The number of halogens is 1. The zero-order chi connectivity index (χ0) is 12.1. The number of aromatic nitrogens is 2. The molecule has 0 aromatic carbocycles. The van der Waals surface area contributed by atoms with Gasteiger partial charge in [-0.2, -0.15) is 0 Å². The van der Waals surface area contributed by atoms with E-state index in [1.807, 2.05) is 6.92 Å². The number of terminal acetylenes is 1. The lowest BCUT2D eigenvalue weighted by Gasteiger charge is -2.15. The van der Waals surface area contributed by atoms with Gasteiger partial charge in [-0.05, 0) is 20.3 Å². The van der Waals surface area contributed by atoms with Crippen molar-refractivity contribution in [2.45, 2.75) is 39.7 Å². The quantitative estimate of drug-likeness (QED) is 0.646. The van der Waals surface area contributed by atoms with Gasteiger partial charge in [-0.1, -0.05) is 30.9 Å². The Kier molecular flexibility index (Phi) is 4.57. The summed E-state index contributed by atoms with van der Waals surface area (Å²) in [7, 11) is 0. The minimum atomic E-state index is -0.00549. The highest BCUT2D eigenvalue weighted by Crippen LogP contribution is 2.20. The van der Waals surface area contributed by atoms with E-state index in [-0.39, 0.29) is 6.04 Å². The average Bonchev–Trinajstić information content (AvgIpc) is 2.24. The minimum absolute atomic E-state index is 0.00549. The fraction of sp³-hybridized carbons (Fsp3) is 0.500. The van der Waals surface area contributed by atoms with Crippen LogP contribution in [0.1, 0.15) is 31.2 Å². The van der Waals surface area contributed by atoms with Gasteiger partial charge in [0.1, 0.15) is 16.8 Å². The number of aryl methyl sites for hydroxylation is 1. The highest BCUT2D eigenvalue weighted by Gasteiger charge is 2.10. The molecule has 0 saturated carbocycles. The molecule has 1 N–H and O–H groups in total. The van der Waals surface area contributed by atoms with Gasteiger partial charge in [-0.3, -0.25) is 0 Å². The normalized spacial score (nSPS) is 11.9. The van der Waals surface area contributed by atoms with E-state index in [1.54, 1.807) is 6.92 Å². The lowest BCUT2D eigenvalue weighted by molar-refractivity contribution is 0.750. The molecule has 0 amide bonds. The van der Waals surface area contributed by atoms with Crippen LogP contribution in [0.5, 0.6) is 0 Å². The number of rotatable bonds is 4. The third-order valence-electron chi connectivity index (χ3n) is 2.29. The first-order valence-electron chi connectivity index (χ1n) is 5.31. The third kappa shape index (κ3) is 3.11. The summed E-state index contributed by atoms with van der Waals surface area (Å²) in [6.45, 7) is 5.78. The Balaban J connectivity index is 2.92. The van der Waals surface area contributed by atoms with Crippen LogP contribution in [0.2, 0.25) is 5.15 Å². The van der Waals surface area contributed by atoms with E-state index < -0.39 is 0 Å². The summed E-state index contributed by atoms with van der Waals surface area (Å²) in [5, 5.41) is 3.68. The summed E-state index contributed by atoms with van der Waals surface area (Å²) < 4.78 is 0. The molecule has 1 atom stereocenters. The number of nitrogens with one attached hydrogen (secondary N) is 1. The first kappa shape index (κ1) is 12.8. The molecule has 0 saturated heterocycles. The topological polar surface area (TPSA) is 37.8 Å². The molecule has 0 fully saturated rings. The van der Waals surface area contributed by atoms with Crippen LogP contribution in [-0.2, 0) is 0 Å². The summed E-state index contributed by atoms with van der Waals surface area (Å²) in [5.41, 5.74) is 0.837. The van der Waals surface area contributed by atoms with E-state index in [0.717, 1.165) is 24.2 Å². The maximum atomic E-state index is 5.98. The summed E-state index contributed by atoms with van der Waals surface area (Å²) in [5.74, 6) is 4.08. The van der Waals surface area contributed by atoms with Crippen LogP contribution in [0, 0.1) is 26.2 Å². The molecule has 86 valence electrons. The molecule has 0 aliphatic rings. The fourth-order valence-electron chi connectivity index (χ4n) is 1.39. The van der Waals surface area contributed by atoms with Gasteiger partial charge in [-0.15, -0.1) is 6.42 Å². The highest BCUT2D eigenvalue weighted by molar-refractivity contribution is 6.30. The van der Waals surface area contributed by atoms with Crippen LogP contribution in [0.3, 0.4) is 0 Å². The molecule has 1 rings (SSSR count). The van der Waals surface area contributed by atoms with Crippen molar-refractivity contribution in [3.63, 3.8) is 0 Å². The second kappa shape index (κ2) is 5.72. The zero-order valence-corrected chi connectivity index (χ0v) is 10.6. The fourth-order valence-corrected chi connectivity index (χ4v) is 1.60. The molecule has 3 nitrogen and oxygen atoms in total. The summed E-state index contributed by atoms with van der Waals surface area (Å²) in [4.78, 5) is 8.38. The molecule has 0 aliphatic carbocycles. The summed E-state index contributed by atoms with van der Waals surface area (Å²) in [6.07, 6.45) is 7.38. The number of hydrogen-bond acceptors (Lipinski definition) is 3. The Hall–Kier alpha value is -1.27. The molecule has 0 aliphatic heterocycles. The maximum Gasteiger partial charge on any atom is 0.137 e. The van der Waals surface area contributed by atoms with Gasteiger partial charge in [0, 0.05) is 5.56 Å². The van der Waals surface area contributed by atoms with Gasteiger partial charge in [0.15, 0.2) is 0 Å². The van der Waals surface area contributed by atoms with Crippen LogP contribution in [-0.4, -0.2) is 16.0 Å². The van der Waals surface area contributed by atoms with Gasteiger partial charge in [0.05, 0.1) is 6.04 Å². The van der Waals surface area contributed by atoms with Crippen LogP contribution in [0.4, 0.5) is 5.82 Å². The van der Waals surface area contributed by atoms with Gasteiger partial charge in [0.25, 0.3) is 0 Å². The van der Waals surface area contributed by atoms with Gasteiger partial charge < -0.3 is 5.32 Å². The second-order valence-corrected chi connectivity index (χ2v) is 4.05. The average molecular weight is 238 g/mol. The van der Waals surface area contributed by atoms with Crippen molar-refractivity contribution in [1.29, 1.82) is 0 Å². The van der Waals surface area contributed by atoms with Crippen LogP contribution < -0.4 is 5.32 Å². The van der Waals surface area contributed by atoms with Crippen LogP contribution in [0.25, 0.3) is 0 Å². The number of hydrogen-bond donors (Lipinski definition) is 1. The van der Waals surface area contributed by atoms with E-state index in [1.165, 1.54) is 0 Å². The molecular formula is C12H16ClN3. The number of nitrogens with zero attached hydrogens (tertiary/aromatic N) is 2. The molecule has 1 aromatic heterocycles. The number of anilines is 1. The van der Waals surface area contributed by atoms with Crippen molar-refractivity contribution >= 4 is 17.4 Å². The van der Waals surface area contributed by atoms with Crippen LogP contribution in [0.15, 0.2) is 0 Å². The smallest absolute Gasteiger partial charge is 0.137 e. The Bertz CT molecular complexity index is 409. The lowest BCUT2D eigenvalue weighted by atomic mass is 10.2. The van der Waals surface area contributed by atoms with E-state index in [4.69, 9.17) is 18.0 Å². The molecule has 1 heterocycles. The Morgan fingerprint density at radius 2 is 2.12 bits per heavy atom. The van der Waals surface area contributed by atoms with Crippen molar-refractivity contribution < 1.29 is 0 Å². The largest absolute Gasteiger partial charge is 0.356 e. The molecule has 0 bridgehead atoms. The van der Waals surface area contributed by atoms with Crippen molar-refractivity contribution in [2.75, 3.05) is 5.32 Å². The van der Waals surface area contributed by atoms with E-state index in [9.17, 15) is 0 Å². The first-order valence-corrected chi connectivity index (χ1v) is 5.69. The van der Waals surface area contributed by atoms with Crippen LogP contribution >= 0.6 is 11.6 Å². The van der Waals surface area contributed by atoms with E-state index >= 15 is 0 Å². The summed E-state index contributed by atoms with van der Waals surface area (Å²) in [6, 6.07) is -0.00549. The molecule has 1 aromatic rings. The molecule has 4 heteroatoms. The van der Waals surface area contributed by atoms with E-state index in [0.29, 0.717) is 11.0 Å². The Morgan fingerprint density at radius 3 is 2.69 bits per heavy atom. The maximum absolute atomic E-state index is 5.98.